The number of hydrogen-bond donors (Lipinski definition) is 1. The second-order valence-electron chi connectivity index (χ2n) is 7.56. The van der Waals surface area contributed by atoms with E-state index < -0.39 is 0 Å². The molecular weight excluding hydrogens is 474 g/mol. The van der Waals surface area contributed by atoms with Crippen molar-refractivity contribution >= 4 is 45.7 Å². The average Bonchev–Trinajstić information content (AvgIpc) is 3.19. The minimum absolute atomic E-state index is 0.100. The smallest absolute Gasteiger partial charge is 0.246 e. The number of rotatable bonds is 7. The number of ether oxygens (including phenoxy) is 3. The molecule has 0 radical (unpaired) electrons. The zero-order valence-electron chi connectivity index (χ0n) is 19.3. The number of thiazole rings is 1. The van der Waals surface area contributed by atoms with E-state index in [0.29, 0.717) is 28.1 Å². The quantitative estimate of drug-likeness (QED) is 0.505. The molecule has 34 heavy (non-hydrogen) atoms. The maximum Gasteiger partial charge on any atom is 0.246 e. The number of aryl methyl sites for hydroxylation is 1. The van der Waals surface area contributed by atoms with Gasteiger partial charge in [0.05, 0.1) is 32.7 Å². The summed E-state index contributed by atoms with van der Waals surface area (Å²) in [4.78, 5) is 32.9. The Labute approximate surface area is 206 Å². The van der Waals surface area contributed by atoms with Crippen LogP contribution in [0.2, 0.25) is 0 Å². The summed E-state index contributed by atoms with van der Waals surface area (Å²) >= 11 is 2.92. The zero-order valence-corrected chi connectivity index (χ0v) is 20.9. The topological polar surface area (TPSA) is 90.0 Å². The first-order valence-electron chi connectivity index (χ1n) is 10.5. The van der Waals surface area contributed by atoms with Crippen LogP contribution < -0.4 is 24.4 Å². The van der Waals surface area contributed by atoms with Crippen LogP contribution in [0.15, 0.2) is 46.7 Å². The lowest BCUT2D eigenvalue weighted by molar-refractivity contribution is -0.121. The summed E-state index contributed by atoms with van der Waals surface area (Å²) in [7, 11) is 4.67. The van der Waals surface area contributed by atoms with E-state index in [1.807, 2.05) is 48.7 Å². The first-order valence-corrected chi connectivity index (χ1v) is 12.3. The van der Waals surface area contributed by atoms with Crippen molar-refractivity contribution < 1.29 is 23.8 Å². The fourth-order valence-electron chi connectivity index (χ4n) is 3.74. The standard InChI is InChI=1S/C24H25N3O5S2/c1-14-13-33-24(25-14)26-21(28)12-27-16-7-5-6-8-19(16)34-20(11-22(27)29)15-9-17(30-2)23(32-4)18(10-15)31-3/h5-10,13,20H,11-12H2,1-4H3,(H,25,26,28). The third kappa shape index (κ3) is 4.97. The normalized spacial score (nSPS) is 15.4. The summed E-state index contributed by atoms with van der Waals surface area (Å²) in [6, 6.07) is 11.3. The second-order valence-corrected chi connectivity index (χ2v) is 9.66. The maximum absolute atomic E-state index is 13.4. The number of nitrogens with one attached hydrogen (secondary N) is 1. The van der Waals surface area contributed by atoms with E-state index in [0.717, 1.165) is 16.2 Å². The molecule has 8 nitrogen and oxygen atoms in total. The molecule has 3 aromatic rings. The van der Waals surface area contributed by atoms with Crippen molar-refractivity contribution in [3.05, 3.63) is 53.0 Å². The highest BCUT2D eigenvalue weighted by Gasteiger charge is 2.31. The number of methoxy groups -OCH3 is 3. The Kier molecular flexibility index (Phi) is 7.28. The average molecular weight is 500 g/mol. The van der Waals surface area contributed by atoms with E-state index in [-0.39, 0.29) is 30.0 Å². The van der Waals surface area contributed by atoms with E-state index in [1.165, 1.54) is 16.2 Å². The van der Waals surface area contributed by atoms with Crippen LogP contribution >= 0.6 is 23.1 Å². The van der Waals surface area contributed by atoms with Gasteiger partial charge in [0.2, 0.25) is 17.6 Å². The van der Waals surface area contributed by atoms with Gasteiger partial charge in [-0.05, 0) is 36.8 Å². The largest absolute Gasteiger partial charge is 0.493 e. The lowest BCUT2D eigenvalue weighted by Gasteiger charge is -2.22. The summed E-state index contributed by atoms with van der Waals surface area (Å²) < 4.78 is 16.4. The number of fused-ring (bicyclic) bond motifs is 1. The van der Waals surface area contributed by atoms with E-state index in [1.54, 1.807) is 33.1 Å². The molecule has 10 heteroatoms. The van der Waals surface area contributed by atoms with Gasteiger partial charge in [0, 0.05) is 21.9 Å². The Morgan fingerprint density at radius 1 is 1.15 bits per heavy atom. The summed E-state index contributed by atoms with van der Waals surface area (Å²) in [5.41, 5.74) is 2.41. The number of carbonyl (C=O) groups excluding carboxylic acids is 2. The number of benzene rings is 2. The van der Waals surface area contributed by atoms with E-state index in [4.69, 9.17) is 14.2 Å². The predicted octanol–water partition coefficient (Wildman–Crippen LogP) is 4.69. The lowest BCUT2D eigenvalue weighted by atomic mass is 10.1. The summed E-state index contributed by atoms with van der Waals surface area (Å²) in [6.07, 6.45) is 0.196. The fourth-order valence-corrected chi connectivity index (χ4v) is 5.70. The number of hydrogen-bond acceptors (Lipinski definition) is 8. The van der Waals surface area contributed by atoms with Crippen molar-refractivity contribution in [1.82, 2.24) is 4.98 Å². The number of nitrogens with zero attached hydrogens (tertiary/aromatic N) is 2. The van der Waals surface area contributed by atoms with Gasteiger partial charge >= 0.3 is 0 Å². The maximum atomic E-state index is 13.4. The molecule has 0 bridgehead atoms. The third-order valence-corrected chi connectivity index (χ3v) is 7.51. The van der Waals surface area contributed by atoms with Crippen LogP contribution in [-0.2, 0) is 9.59 Å². The molecule has 0 spiro atoms. The molecule has 1 aromatic heterocycles. The summed E-state index contributed by atoms with van der Waals surface area (Å²) in [5.74, 6) is 1.10. The van der Waals surface area contributed by atoms with Crippen molar-refractivity contribution in [2.45, 2.75) is 23.5 Å². The first-order chi connectivity index (χ1) is 16.4. The molecule has 2 aromatic carbocycles. The fraction of sp³-hybridized carbons (Fsp3) is 0.292. The van der Waals surface area contributed by atoms with Gasteiger partial charge in [-0.1, -0.05) is 12.1 Å². The molecule has 0 aliphatic carbocycles. The highest BCUT2D eigenvalue weighted by molar-refractivity contribution is 7.99. The molecule has 1 N–H and O–H groups in total. The highest BCUT2D eigenvalue weighted by Crippen LogP contribution is 2.49. The molecule has 1 aliphatic rings. The van der Waals surface area contributed by atoms with Crippen LogP contribution in [0.25, 0.3) is 0 Å². The zero-order chi connectivity index (χ0) is 24.2. The number of carbonyl (C=O) groups is 2. The number of thioether (sulfide) groups is 1. The summed E-state index contributed by atoms with van der Waals surface area (Å²) in [5, 5.41) is 4.96. The van der Waals surface area contributed by atoms with Gasteiger partial charge in [-0.2, -0.15) is 0 Å². The van der Waals surface area contributed by atoms with Crippen molar-refractivity contribution in [3.8, 4) is 17.2 Å². The molecule has 2 amide bonds. The monoisotopic (exact) mass is 499 g/mol. The Morgan fingerprint density at radius 3 is 2.47 bits per heavy atom. The first kappa shape index (κ1) is 23.9. The molecule has 0 saturated heterocycles. The van der Waals surface area contributed by atoms with Gasteiger partial charge in [0.25, 0.3) is 0 Å². The molecule has 1 unspecified atom stereocenters. The molecule has 0 saturated carbocycles. The van der Waals surface area contributed by atoms with Crippen LogP contribution in [0.4, 0.5) is 10.8 Å². The number of amides is 2. The predicted molar refractivity (Wildman–Crippen MR) is 134 cm³/mol. The Balaban J connectivity index is 1.64. The van der Waals surface area contributed by atoms with Gasteiger partial charge in [-0.3, -0.25) is 9.59 Å². The van der Waals surface area contributed by atoms with Gasteiger partial charge in [-0.15, -0.1) is 23.1 Å². The van der Waals surface area contributed by atoms with Gasteiger partial charge in [-0.25, -0.2) is 4.98 Å². The molecule has 178 valence electrons. The second kappa shape index (κ2) is 10.4. The van der Waals surface area contributed by atoms with Crippen molar-refractivity contribution in [3.63, 3.8) is 0 Å². The summed E-state index contributed by atoms with van der Waals surface area (Å²) in [6.45, 7) is 1.76. The van der Waals surface area contributed by atoms with Crippen molar-refractivity contribution in [2.75, 3.05) is 38.1 Å². The van der Waals surface area contributed by atoms with Crippen LogP contribution in [-0.4, -0.2) is 44.7 Å². The molecular formula is C24H25N3O5S2. The molecule has 1 atom stereocenters. The van der Waals surface area contributed by atoms with Crippen LogP contribution in [0.5, 0.6) is 17.2 Å². The van der Waals surface area contributed by atoms with Gasteiger partial charge in [0.15, 0.2) is 16.6 Å². The molecule has 2 heterocycles. The molecule has 4 rings (SSSR count). The van der Waals surface area contributed by atoms with Crippen LogP contribution in [0.3, 0.4) is 0 Å². The van der Waals surface area contributed by atoms with Crippen molar-refractivity contribution in [2.24, 2.45) is 0 Å². The van der Waals surface area contributed by atoms with E-state index >= 15 is 0 Å². The van der Waals surface area contributed by atoms with Gasteiger partial charge in [0.1, 0.15) is 6.54 Å². The third-order valence-electron chi connectivity index (χ3n) is 5.31. The SMILES string of the molecule is COc1cc(C2CC(=O)N(CC(=O)Nc3nc(C)cs3)c3ccccc3S2)cc(OC)c1OC. The lowest BCUT2D eigenvalue weighted by Crippen LogP contribution is -2.38. The Hall–Kier alpha value is -3.24. The number of aromatic nitrogens is 1. The minimum atomic E-state index is -0.297. The number of anilines is 2. The highest BCUT2D eigenvalue weighted by atomic mass is 32.2. The van der Waals surface area contributed by atoms with Gasteiger partial charge < -0.3 is 24.4 Å². The molecule has 1 aliphatic heterocycles. The van der Waals surface area contributed by atoms with Crippen molar-refractivity contribution in [1.29, 1.82) is 0 Å². The Morgan fingerprint density at radius 2 is 1.85 bits per heavy atom. The van der Waals surface area contributed by atoms with E-state index in [2.05, 4.69) is 10.3 Å². The van der Waals surface area contributed by atoms with Crippen LogP contribution in [0, 0.1) is 6.92 Å². The number of para-hydroxylation sites is 1. The minimum Gasteiger partial charge on any atom is -0.493 e. The Bertz CT molecular complexity index is 1190. The molecule has 0 fully saturated rings. The van der Waals surface area contributed by atoms with E-state index in [9.17, 15) is 9.59 Å². The van der Waals surface area contributed by atoms with Crippen LogP contribution in [0.1, 0.15) is 22.9 Å².